The molecule has 0 aliphatic heterocycles. The second kappa shape index (κ2) is 8.28. The Morgan fingerprint density at radius 3 is 1.65 bits per heavy atom. The topological polar surface area (TPSA) is 40.5 Å². The fourth-order valence-corrected chi connectivity index (χ4v) is 3.54. The maximum Gasteiger partial charge on any atom is 0.158 e. The Morgan fingerprint density at radius 1 is 0.739 bits per heavy atom. The number of aliphatic hydroxyl groups is 2. The van der Waals surface area contributed by atoms with Gasteiger partial charge in [0, 0.05) is 5.92 Å². The van der Waals surface area contributed by atoms with Crippen LogP contribution < -0.4 is 0 Å². The van der Waals surface area contributed by atoms with Crippen LogP contribution >= 0.6 is 0 Å². The zero-order valence-electron chi connectivity index (χ0n) is 14.3. The molecule has 0 aliphatic rings. The van der Waals surface area contributed by atoms with Crippen LogP contribution in [0.25, 0.3) is 0 Å². The van der Waals surface area contributed by atoms with E-state index in [0.29, 0.717) is 11.8 Å². The lowest BCUT2D eigenvalue weighted by Crippen LogP contribution is -2.28. The van der Waals surface area contributed by atoms with Gasteiger partial charge in [0.05, 0.1) is 0 Å². The zero-order valence-corrected chi connectivity index (χ0v) is 14.3. The van der Waals surface area contributed by atoms with Crippen LogP contribution in [0.4, 0.5) is 0 Å². The summed E-state index contributed by atoms with van der Waals surface area (Å²) >= 11 is 0. The summed E-state index contributed by atoms with van der Waals surface area (Å²) in [5.41, 5.74) is 2.26. The highest BCUT2D eigenvalue weighted by atomic mass is 16.5. The summed E-state index contributed by atoms with van der Waals surface area (Å²) in [5.74, 6) is 0.681. The highest BCUT2D eigenvalue weighted by Gasteiger charge is 2.32. The molecule has 0 radical (unpaired) electrons. The highest BCUT2D eigenvalue weighted by Crippen LogP contribution is 2.40. The fourth-order valence-electron chi connectivity index (χ4n) is 3.54. The Kier molecular flexibility index (Phi) is 6.37. The first-order chi connectivity index (χ1) is 11.0. The number of hydrogen-bond acceptors (Lipinski definition) is 2. The molecule has 0 fully saturated rings. The van der Waals surface area contributed by atoms with E-state index in [2.05, 4.69) is 45.0 Å². The second-order valence-electron chi connectivity index (χ2n) is 6.86. The van der Waals surface area contributed by atoms with Gasteiger partial charge in [0.2, 0.25) is 0 Å². The van der Waals surface area contributed by atoms with Gasteiger partial charge in [-0.15, -0.1) is 0 Å². The Morgan fingerprint density at radius 2 is 1.22 bits per heavy atom. The van der Waals surface area contributed by atoms with Gasteiger partial charge in [-0.05, 0) is 35.3 Å². The van der Waals surface area contributed by atoms with E-state index in [-0.39, 0.29) is 11.8 Å². The molecule has 0 aromatic heterocycles. The Balaban J connectivity index is 2.35. The van der Waals surface area contributed by atoms with Crippen LogP contribution in [0.2, 0.25) is 0 Å². The van der Waals surface area contributed by atoms with Gasteiger partial charge in [-0.25, -0.2) is 0 Å². The smallest absolute Gasteiger partial charge is 0.158 e. The summed E-state index contributed by atoms with van der Waals surface area (Å²) in [6, 6.07) is 20.3. The van der Waals surface area contributed by atoms with E-state index in [0.717, 1.165) is 12.0 Å². The fraction of sp³-hybridized carbons (Fsp3) is 0.429. The quantitative estimate of drug-likeness (QED) is 0.737. The van der Waals surface area contributed by atoms with E-state index in [1.165, 1.54) is 5.56 Å². The Bertz CT molecular complexity index is 563. The second-order valence-corrected chi connectivity index (χ2v) is 6.86. The van der Waals surface area contributed by atoms with Crippen molar-refractivity contribution in [3.8, 4) is 0 Å². The summed E-state index contributed by atoms with van der Waals surface area (Å²) in [6.07, 6.45) is -0.327. The number of benzene rings is 2. The van der Waals surface area contributed by atoms with Crippen LogP contribution in [0.1, 0.15) is 50.2 Å². The van der Waals surface area contributed by atoms with Crippen molar-refractivity contribution in [2.45, 2.75) is 45.3 Å². The van der Waals surface area contributed by atoms with E-state index < -0.39 is 6.29 Å². The third-order valence-electron chi connectivity index (χ3n) is 4.66. The Hall–Kier alpha value is -1.64. The van der Waals surface area contributed by atoms with Gasteiger partial charge in [0.25, 0.3) is 0 Å². The molecule has 0 bridgehead atoms. The largest absolute Gasteiger partial charge is 0.368 e. The van der Waals surface area contributed by atoms with E-state index in [9.17, 15) is 10.2 Å². The van der Waals surface area contributed by atoms with Gasteiger partial charge in [-0.3, -0.25) is 0 Å². The molecule has 2 nitrogen and oxygen atoms in total. The normalized spacial score (nSPS) is 15.6. The summed E-state index contributed by atoms with van der Waals surface area (Å²) in [7, 11) is 0. The van der Waals surface area contributed by atoms with E-state index in [1.54, 1.807) is 0 Å². The van der Waals surface area contributed by atoms with Crippen molar-refractivity contribution in [2.24, 2.45) is 11.8 Å². The number of aliphatic hydroxyl groups excluding tert-OH is 1. The first kappa shape index (κ1) is 17.7. The minimum Gasteiger partial charge on any atom is -0.368 e. The van der Waals surface area contributed by atoms with Gasteiger partial charge in [0.1, 0.15) is 0 Å². The van der Waals surface area contributed by atoms with Crippen LogP contribution in [0.3, 0.4) is 0 Å². The van der Waals surface area contributed by atoms with E-state index >= 15 is 0 Å². The standard InChI is InChI=1S/C21H28O2/c1-15(2)14-19(17-10-6-4-7-11-17)16(3)20(21(22)23)18-12-8-5-9-13-18/h4-13,15-16,19-23H,14H2,1-3H3. The molecule has 2 aromatic carbocycles. The van der Waals surface area contributed by atoms with E-state index in [1.807, 2.05) is 36.4 Å². The van der Waals surface area contributed by atoms with Crippen LogP contribution in [-0.4, -0.2) is 16.5 Å². The summed E-state index contributed by atoms with van der Waals surface area (Å²) < 4.78 is 0. The monoisotopic (exact) mass is 312 g/mol. The Labute approximate surface area is 139 Å². The molecule has 2 N–H and O–H groups in total. The molecule has 3 unspecified atom stereocenters. The molecule has 0 spiro atoms. The van der Waals surface area contributed by atoms with Gasteiger partial charge >= 0.3 is 0 Å². The van der Waals surface area contributed by atoms with Gasteiger partial charge in [-0.2, -0.15) is 0 Å². The minimum atomic E-state index is -1.36. The molecule has 2 aromatic rings. The highest BCUT2D eigenvalue weighted by molar-refractivity contribution is 5.25. The van der Waals surface area contributed by atoms with Crippen molar-refractivity contribution in [3.63, 3.8) is 0 Å². The molecule has 0 heterocycles. The van der Waals surface area contributed by atoms with Crippen molar-refractivity contribution in [1.29, 1.82) is 0 Å². The number of hydrogen-bond donors (Lipinski definition) is 2. The van der Waals surface area contributed by atoms with Crippen LogP contribution in [0.15, 0.2) is 60.7 Å². The summed E-state index contributed by atoms with van der Waals surface area (Å²) in [4.78, 5) is 0. The van der Waals surface area contributed by atoms with Gasteiger partial charge in [-0.1, -0.05) is 81.4 Å². The molecule has 23 heavy (non-hydrogen) atoms. The van der Waals surface area contributed by atoms with Crippen molar-refractivity contribution < 1.29 is 10.2 Å². The molecule has 0 saturated carbocycles. The molecular weight excluding hydrogens is 284 g/mol. The van der Waals surface area contributed by atoms with Crippen molar-refractivity contribution in [1.82, 2.24) is 0 Å². The van der Waals surface area contributed by atoms with Crippen LogP contribution in [0.5, 0.6) is 0 Å². The number of rotatable bonds is 7. The van der Waals surface area contributed by atoms with Gasteiger partial charge < -0.3 is 10.2 Å². The zero-order chi connectivity index (χ0) is 16.8. The summed E-state index contributed by atoms with van der Waals surface area (Å²) in [5, 5.41) is 20.0. The maximum absolute atomic E-state index is 10.0. The van der Waals surface area contributed by atoms with Crippen molar-refractivity contribution in [2.75, 3.05) is 0 Å². The average molecular weight is 312 g/mol. The SMILES string of the molecule is CC(C)CC(c1ccccc1)C(C)C(c1ccccc1)C(O)O. The molecule has 2 heteroatoms. The molecular formula is C21H28O2. The molecule has 0 aliphatic carbocycles. The minimum absolute atomic E-state index is 0.127. The lowest BCUT2D eigenvalue weighted by atomic mass is 9.73. The van der Waals surface area contributed by atoms with E-state index in [4.69, 9.17) is 0 Å². The van der Waals surface area contributed by atoms with Crippen molar-refractivity contribution >= 4 is 0 Å². The van der Waals surface area contributed by atoms with Gasteiger partial charge in [0.15, 0.2) is 6.29 Å². The summed E-state index contributed by atoms with van der Waals surface area (Å²) in [6.45, 7) is 6.57. The first-order valence-electron chi connectivity index (χ1n) is 8.46. The molecule has 3 atom stereocenters. The van der Waals surface area contributed by atoms with Crippen molar-refractivity contribution in [3.05, 3.63) is 71.8 Å². The predicted molar refractivity (Wildman–Crippen MR) is 95.2 cm³/mol. The lowest BCUT2D eigenvalue weighted by Gasteiger charge is -2.34. The van der Waals surface area contributed by atoms with Crippen LogP contribution in [-0.2, 0) is 0 Å². The molecule has 124 valence electrons. The first-order valence-corrected chi connectivity index (χ1v) is 8.46. The maximum atomic E-state index is 10.0. The molecule has 0 amide bonds. The third kappa shape index (κ3) is 4.66. The van der Waals surface area contributed by atoms with Crippen LogP contribution in [0, 0.1) is 11.8 Å². The average Bonchev–Trinajstić information content (AvgIpc) is 2.54. The lowest BCUT2D eigenvalue weighted by molar-refractivity contribution is -0.0750. The molecule has 2 rings (SSSR count). The molecule has 0 saturated heterocycles. The predicted octanol–water partition coefficient (Wildman–Crippen LogP) is 4.55. The third-order valence-corrected chi connectivity index (χ3v) is 4.66.